The first kappa shape index (κ1) is 12.0. The predicted molar refractivity (Wildman–Crippen MR) is 70.1 cm³/mol. The van der Waals surface area contributed by atoms with E-state index in [0.29, 0.717) is 6.10 Å². The number of rotatable bonds is 3. The highest BCUT2D eigenvalue weighted by Crippen LogP contribution is 2.38. The molecule has 2 heteroatoms. The topological polar surface area (TPSA) is 12.5 Å². The Morgan fingerprint density at radius 1 is 0.824 bits per heavy atom. The largest absolute Gasteiger partial charge is 0.381 e. The molecular formula is C15H27NO. The van der Waals surface area contributed by atoms with E-state index in [9.17, 15) is 0 Å². The van der Waals surface area contributed by atoms with Crippen molar-refractivity contribution in [2.24, 2.45) is 11.8 Å². The highest BCUT2D eigenvalue weighted by atomic mass is 16.5. The number of hydrogen-bond donors (Lipinski definition) is 0. The van der Waals surface area contributed by atoms with Crippen molar-refractivity contribution in [3.05, 3.63) is 0 Å². The van der Waals surface area contributed by atoms with Crippen molar-refractivity contribution in [1.29, 1.82) is 0 Å². The monoisotopic (exact) mass is 237 g/mol. The van der Waals surface area contributed by atoms with Gasteiger partial charge in [0.25, 0.3) is 0 Å². The first-order chi connectivity index (χ1) is 8.36. The molecule has 2 nitrogen and oxygen atoms in total. The second-order valence-corrected chi connectivity index (χ2v) is 6.42. The van der Waals surface area contributed by atoms with E-state index in [1.165, 1.54) is 64.5 Å². The van der Waals surface area contributed by atoms with Crippen LogP contribution in [-0.4, -0.2) is 37.2 Å². The predicted octanol–water partition coefficient (Wildman–Crippen LogP) is 3.07. The van der Waals surface area contributed by atoms with Gasteiger partial charge in [0, 0.05) is 26.2 Å². The van der Waals surface area contributed by atoms with Crippen LogP contribution in [0.5, 0.6) is 0 Å². The van der Waals surface area contributed by atoms with Crippen LogP contribution in [0.4, 0.5) is 0 Å². The van der Waals surface area contributed by atoms with E-state index in [2.05, 4.69) is 4.90 Å². The van der Waals surface area contributed by atoms with Crippen molar-refractivity contribution in [2.75, 3.05) is 20.2 Å². The molecule has 17 heavy (non-hydrogen) atoms. The van der Waals surface area contributed by atoms with Gasteiger partial charge in [-0.15, -0.1) is 0 Å². The molecule has 0 amide bonds. The molecule has 3 fully saturated rings. The number of hydrogen-bond acceptors (Lipinski definition) is 2. The van der Waals surface area contributed by atoms with Gasteiger partial charge in [0.15, 0.2) is 0 Å². The van der Waals surface area contributed by atoms with Crippen LogP contribution in [0.25, 0.3) is 0 Å². The third kappa shape index (κ3) is 2.53. The third-order valence-electron chi connectivity index (χ3n) is 5.50. The van der Waals surface area contributed by atoms with Gasteiger partial charge in [-0.25, -0.2) is 0 Å². The van der Waals surface area contributed by atoms with E-state index in [-0.39, 0.29) is 0 Å². The van der Waals surface area contributed by atoms with Gasteiger partial charge in [-0.1, -0.05) is 12.8 Å². The fraction of sp³-hybridized carbons (Fsp3) is 1.00. The third-order valence-corrected chi connectivity index (χ3v) is 5.50. The molecule has 0 radical (unpaired) electrons. The summed E-state index contributed by atoms with van der Waals surface area (Å²) in [6.07, 6.45) is 11.9. The average Bonchev–Trinajstić information content (AvgIpc) is 2.82. The minimum absolute atomic E-state index is 0.567. The number of methoxy groups -OCH3 is 1. The molecule has 1 saturated heterocycles. The summed E-state index contributed by atoms with van der Waals surface area (Å²) in [4.78, 5) is 2.76. The van der Waals surface area contributed by atoms with Gasteiger partial charge in [0.2, 0.25) is 0 Å². The van der Waals surface area contributed by atoms with E-state index in [0.717, 1.165) is 17.9 Å². The van der Waals surface area contributed by atoms with Crippen molar-refractivity contribution in [3.8, 4) is 0 Å². The summed E-state index contributed by atoms with van der Waals surface area (Å²) < 4.78 is 5.46. The van der Waals surface area contributed by atoms with Crippen LogP contribution in [-0.2, 0) is 4.74 Å². The second-order valence-electron chi connectivity index (χ2n) is 6.42. The molecule has 0 bridgehead atoms. The van der Waals surface area contributed by atoms with Crippen LogP contribution in [0.3, 0.4) is 0 Å². The van der Waals surface area contributed by atoms with Crippen molar-refractivity contribution >= 4 is 0 Å². The maximum atomic E-state index is 5.46. The van der Waals surface area contributed by atoms with Crippen LogP contribution < -0.4 is 0 Å². The molecule has 2 saturated carbocycles. The quantitative estimate of drug-likeness (QED) is 0.748. The van der Waals surface area contributed by atoms with Crippen LogP contribution in [0.15, 0.2) is 0 Å². The molecule has 0 atom stereocenters. The lowest BCUT2D eigenvalue weighted by molar-refractivity contribution is -0.0132. The lowest BCUT2D eigenvalue weighted by Gasteiger charge is -2.48. The molecular weight excluding hydrogens is 210 g/mol. The molecule has 1 heterocycles. The van der Waals surface area contributed by atoms with Gasteiger partial charge in [-0.05, 0) is 50.4 Å². The molecule has 0 aromatic rings. The van der Waals surface area contributed by atoms with Gasteiger partial charge in [0.05, 0.1) is 6.10 Å². The zero-order valence-electron chi connectivity index (χ0n) is 11.2. The first-order valence-corrected chi connectivity index (χ1v) is 7.63. The molecule has 2 aliphatic carbocycles. The van der Waals surface area contributed by atoms with E-state index in [1.807, 2.05) is 7.11 Å². The van der Waals surface area contributed by atoms with Gasteiger partial charge in [-0.2, -0.15) is 0 Å². The standard InChI is InChI=1S/C15H27NO/c1-17-15-8-6-12(7-9-15)13-10-16(11-13)14-4-2-3-5-14/h12-15H,2-11H2,1H3. The zero-order valence-corrected chi connectivity index (χ0v) is 11.2. The summed E-state index contributed by atoms with van der Waals surface area (Å²) in [5.41, 5.74) is 0. The summed E-state index contributed by atoms with van der Waals surface area (Å²) in [6, 6.07) is 0.960. The number of likely N-dealkylation sites (tertiary alicyclic amines) is 1. The lowest BCUT2D eigenvalue weighted by atomic mass is 9.75. The van der Waals surface area contributed by atoms with Gasteiger partial charge >= 0.3 is 0 Å². The first-order valence-electron chi connectivity index (χ1n) is 7.63. The fourth-order valence-electron chi connectivity index (χ4n) is 4.21. The molecule has 0 spiro atoms. The summed E-state index contributed by atoms with van der Waals surface area (Å²) in [7, 11) is 1.87. The van der Waals surface area contributed by atoms with Crippen LogP contribution in [0.1, 0.15) is 51.4 Å². The van der Waals surface area contributed by atoms with E-state index in [4.69, 9.17) is 4.74 Å². The minimum Gasteiger partial charge on any atom is -0.381 e. The zero-order chi connectivity index (χ0) is 11.7. The molecule has 98 valence electrons. The molecule has 3 rings (SSSR count). The Morgan fingerprint density at radius 3 is 2.06 bits per heavy atom. The van der Waals surface area contributed by atoms with Crippen LogP contribution >= 0.6 is 0 Å². The molecule has 3 aliphatic rings. The Bertz CT molecular complexity index is 235. The van der Waals surface area contributed by atoms with Crippen molar-refractivity contribution in [2.45, 2.75) is 63.5 Å². The minimum atomic E-state index is 0.567. The summed E-state index contributed by atoms with van der Waals surface area (Å²) >= 11 is 0. The molecule has 0 aromatic heterocycles. The maximum Gasteiger partial charge on any atom is 0.0571 e. The van der Waals surface area contributed by atoms with E-state index < -0.39 is 0 Å². The Balaban J connectivity index is 1.40. The summed E-state index contributed by atoms with van der Waals surface area (Å²) in [6.45, 7) is 2.82. The van der Waals surface area contributed by atoms with Crippen LogP contribution in [0.2, 0.25) is 0 Å². The Morgan fingerprint density at radius 2 is 1.47 bits per heavy atom. The van der Waals surface area contributed by atoms with E-state index >= 15 is 0 Å². The van der Waals surface area contributed by atoms with Crippen molar-refractivity contribution < 1.29 is 4.74 Å². The second kappa shape index (κ2) is 5.27. The maximum absolute atomic E-state index is 5.46. The smallest absolute Gasteiger partial charge is 0.0571 e. The van der Waals surface area contributed by atoms with Crippen molar-refractivity contribution in [3.63, 3.8) is 0 Å². The highest BCUT2D eigenvalue weighted by molar-refractivity contribution is 4.92. The molecule has 1 aliphatic heterocycles. The number of nitrogens with zero attached hydrogens (tertiary/aromatic N) is 1. The van der Waals surface area contributed by atoms with Crippen LogP contribution in [0, 0.1) is 11.8 Å². The van der Waals surface area contributed by atoms with Crippen molar-refractivity contribution in [1.82, 2.24) is 4.90 Å². The van der Waals surface area contributed by atoms with Gasteiger partial charge in [-0.3, -0.25) is 4.90 Å². The summed E-state index contributed by atoms with van der Waals surface area (Å²) in [5, 5.41) is 0. The van der Waals surface area contributed by atoms with Gasteiger partial charge < -0.3 is 4.74 Å². The molecule has 0 unspecified atom stereocenters. The molecule has 0 N–H and O–H groups in total. The SMILES string of the molecule is COC1CCC(C2CN(C3CCCC3)C2)CC1. The normalized spacial score (nSPS) is 37.2. The lowest BCUT2D eigenvalue weighted by Crippen LogP contribution is -2.54. The molecule has 0 aromatic carbocycles. The highest BCUT2D eigenvalue weighted by Gasteiger charge is 2.38. The van der Waals surface area contributed by atoms with E-state index in [1.54, 1.807) is 0 Å². The Hall–Kier alpha value is -0.0800. The number of ether oxygens (including phenoxy) is 1. The fourth-order valence-corrected chi connectivity index (χ4v) is 4.21. The Labute approximate surface area is 106 Å². The summed E-state index contributed by atoms with van der Waals surface area (Å²) in [5.74, 6) is 2.03. The average molecular weight is 237 g/mol. The van der Waals surface area contributed by atoms with Gasteiger partial charge in [0.1, 0.15) is 0 Å². The Kier molecular flexibility index (Phi) is 3.72.